The summed E-state index contributed by atoms with van der Waals surface area (Å²) in [4.78, 5) is 0. The molecule has 0 bridgehead atoms. The van der Waals surface area contributed by atoms with Crippen LogP contribution in [0.4, 0.5) is 0 Å². The summed E-state index contributed by atoms with van der Waals surface area (Å²) in [7, 11) is 0. The minimum atomic E-state index is 1.18. The van der Waals surface area contributed by atoms with Crippen molar-refractivity contribution in [3.63, 3.8) is 0 Å². The van der Waals surface area contributed by atoms with E-state index in [1.807, 2.05) is 0 Å². The fraction of sp³-hybridized carbons (Fsp3) is 0. The van der Waals surface area contributed by atoms with Crippen LogP contribution in [0.5, 0.6) is 0 Å². The van der Waals surface area contributed by atoms with Crippen LogP contribution in [0.2, 0.25) is 0 Å². The van der Waals surface area contributed by atoms with E-state index in [0.29, 0.717) is 0 Å². The van der Waals surface area contributed by atoms with Crippen LogP contribution in [0.15, 0.2) is 164 Å². The highest BCUT2D eigenvalue weighted by Crippen LogP contribution is 2.49. The maximum atomic E-state index is 2.40. The Morgan fingerprint density at radius 1 is 0.311 bits per heavy atom. The van der Waals surface area contributed by atoms with Gasteiger partial charge in [0.05, 0.1) is 11.0 Å². The van der Waals surface area contributed by atoms with Crippen LogP contribution in [0.3, 0.4) is 0 Å². The quantitative estimate of drug-likeness (QED) is 0.199. The lowest BCUT2D eigenvalue weighted by atomic mass is 9.92. The van der Waals surface area contributed by atoms with E-state index in [2.05, 4.69) is 168 Å². The van der Waals surface area contributed by atoms with Crippen molar-refractivity contribution in [2.45, 2.75) is 0 Å². The zero-order valence-corrected chi connectivity index (χ0v) is 24.5. The Hall–Kier alpha value is -5.92. The minimum Gasteiger partial charge on any atom is -0.309 e. The lowest BCUT2D eigenvalue weighted by molar-refractivity contribution is 1.18. The third-order valence-electron chi connectivity index (χ3n) is 9.70. The fourth-order valence-corrected chi connectivity index (χ4v) is 7.67. The van der Waals surface area contributed by atoms with Crippen LogP contribution in [0.25, 0.3) is 93.5 Å². The lowest BCUT2D eigenvalue weighted by Crippen LogP contribution is -1.93. The van der Waals surface area contributed by atoms with Gasteiger partial charge >= 0.3 is 0 Å². The molecule has 0 fully saturated rings. The molecule has 0 spiro atoms. The van der Waals surface area contributed by atoms with Crippen molar-refractivity contribution in [3.05, 3.63) is 164 Å². The van der Waals surface area contributed by atoms with Gasteiger partial charge in [-0.25, -0.2) is 0 Å². The van der Waals surface area contributed by atoms with Crippen molar-refractivity contribution in [3.8, 4) is 50.2 Å². The Balaban J connectivity index is 1.16. The second-order valence-electron chi connectivity index (χ2n) is 12.1. The molecule has 8 aromatic carbocycles. The van der Waals surface area contributed by atoms with Crippen LogP contribution in [0.1, 0.15) is 0 Å². The monoisotopic (exact) mass is 569 g/mol. The molecule has 0 radical (unpaired) electrons. The van der Waals surface area contributed by atoms with E-state index in [1.54, 1.807) is 0 Å². The molecule has 1 aliphatic rings. The lowest BCUT2D eigenvalue weighted by Gasteiger charge is -2.12. The molecule has 0 amide bonds. The molecular formula is C44H27N. The molecular weight excluding hydrogens is 542 g/mol. The third-order valence-corrected chi connectivity index (χ3v) is 9.70. The largest absolute Gasteiger partial charge is 0.309 e. The van der Waals surface area contributed by atoms with E-state index in [4.69, 9.17) is 0 Å². The van der Waals surface area contributed by atoms with Gasteiger partial charge in [0.2, 0.25) is 0 Å². The smallest absolute Gasteiger partial charge is 0.0547 e. The molecule has 0 unspecified atom stereocenters. The highest BCUT2D eigenvalue weighted by atomic mass is 15.0. The molecule has 10 rings (SSSR count). The van der Waals surface area contributed by atoms with E-state index in [-0.39, 0.29) is 0 Å². The van der Waals surface area contributed by atoms with Gasteiger partial charge in [0, 0.05) is 16.5 Å². The maximum Gasteiger partial charge on any atom is 0.0547 e. The van der Waals surface area contributed by atoms with Crippen LogP contribution >= 0.6 is 0 Å². The van der Waals surface area contributed by atoms with Gasteiger partial charge in [0.1, 0.15) is 0 Å². The van der Waals surface area contributed by atoms with Crippen LogP contribution in [-0.2, 0) is 0 Å². The average molecular weight is 570 g/mol. The van der Waals surface area contributed by atoms with Gasteiger partial charge in [-0.3, -0.25) is 0 Å². The fourth-order valence-electron chi connectivity index (χ4n) is 7.67. The minimum absolute atomic E-state index is 1.18. The van der Waals surface area contributed by atoms with Gasteiger partial charge < -0.3 is 4.57 Å². The molecule has 1 aliphatic carbocycles. The standard InChI is InChI=1S/C44H27N/c1-2-14-33(15-3-1)45-42-23-20-31(26-40(42)41-25-29-10-4-5-11-30(29)27-43(41)45)28-12-8-13-32(24-28)34-21-22-39-36-17-7-6-16-35(36)38-19-9-18-37(34)44(38)39/h1-27H. The number of para-hydroxylation sites is 1. The van der Waals surface area contributed by atoms with E-state index in [9.17, 15) is 0 Å². The third kappa shape index (κ3) is 3.56. The molecule has 1 heteroatoms. The summed E-state index contributed by atoms with van der Waals surface area (Å²) in [5.74, 6) is 0. The second kappa shape index (κ2) is 9.29. The van der Waals surface area contributed by atoms with E-state index in [1.165, 1.54) is 93.5 Å². The van der Waals surface area contributed by atoms with Crippen molar-refractivity contribution in [2.24, 2.45) is 0 Å². The van der Waals surface area contributed by atoms with Crippen molar-refractivity contribution in [2.75, 3.05) is 0 Å². The number of benzene rings is 8. The Bertz CT molecular complexity index is 2610. The van der Waals surface area contributed by atoms with Crippen molar-refractivity contribution in [1.82, 2.24) is 4.57 Å². The van der Waals surface area contributed by atoms with Gasteiger partial charge in [-0.05, 0) is 109 Å². The summed E-state index contributed by atoms with van der Waals surface area (Å²) >= 11 is 0. The van der Waals surface area contributed by atoms with Gasteiger partial charge in [0.15, 0.2) is 0 Å². The summed E-state index contributed by atoms with van der Waals surface area (Å²) in [6.45, 7) is 0. The Labute approximate surface area is 261 Å². The van der Waals surface area contributed by atoms with Crippen LogP contribution in [-0.4, -0.2) is 4.57 Å². The first kappa shape index (κ1) is 24.5. The zero-order valence-electron chi connectivity index (χ0n) is 24.5. The molecule has 1 nitrogen and oxygen atoms in total. The van der Waals surface area contributed by atoms with Crippen LogP contribution < -0.4 is 0 Å². The summed E-state index contributed by atoms with van der Waals surface area (Å²) in [5.41, 5.74) is 13.9. The highest BCUT2D eigenvalue weighted by Gasteiger charge is 2.22. The molecule has 0 N–H and O–H groups in total. The van der Waals surface area contributed by atoms with E-state index >= 15 is 0 Å². The normalized spacial score (nSPS) is 12.0. The first-order valence-corrected chi connectivity index (χ1v) is 15.6. The highest BCUT2D eigenvalue weighted by molar-refractivity contribution is 6.19. The number of aromatic nitrogens is 1. The first-order chi connectivity index (χ1) is 22.3. The van der Waals surface area contributed by atoms with Crippen LogP contribution in [0, 0.1) is 0 Å². The summed E-state index contributed by atoms with van der Waals surface area (Å²) in [6.07, 6.45) is 0. The predicted molar refractivity (Wildman–Crippen MR) is 191 cm³/mol. The van der Waals surface area contributed by atoms with Gasteiger partial charge in [0.25, 0.3) is 0 Å². The number of hydrogen-bond donors (Lipinski definition) is 0. The number of hydrogen-bond acceptors (Lipinski definition) is 0. The number of nitrogens with zero attached hydrogens (tertiary/aromatic N) is 1. The Morgan fingerprint density at radius 2 is 0.933 bits per heavy atom. The SMILES string of the molecule is c1ccc(-n2c3ccc(-c4cccc(-c5ccc6c7c(cccc57)-c5ccccc5-6)c4)cc3c3cc4ccccc4cc32)cc1. The van der Waals surface area contributed by atoms with Gasteiger partial charge in [-0.15, -0.1) is 0 Å². The van der Waals surface area contributed by atoms with Gasteiger partial charge in [-0.2, -0.15) is 0 Å². The molecule has 1 aromatic heterocycles. The molecule has 1 heterocycles. The maximum absolute atomic E-state index is 2.40. The molecule has 0 saturated carbocycles. The van der Waals surface area contributed by atoms with Crippen molar-refractivity contribution >= 4 is 43.4 Å². The molecule has 0 aliphatic heterocycles. The molecule has 0 atom stereocenters. The van der Waals surface area contributed by atoms with Crippen molar-refractivity contribution in [1.29, 1.82) is 0 Å². The Kier molecular flexibility index (Phi) is 5.06. The molecule has 0 saturated heterocycles. The topological polar surface area (TPSA) is 4.93 Å². The second-order valence-corrected chi connectivity index (χ2v) is 12.1. The first-order valence-electron chi connectivity index (χ1n) is 15.6. The zero-order chi connectivity index (χ0) is 29.5. The van der Waals surface area contributed by atoms with Gasteiger partial charge in [-0.1, -0.05) is 121 Å². The molecule has 208 valence electrons. The van der Waals surface area contributed by atoms with E-state index in [0.717, 1.165) is 0 Å². The summed E-state index contributed by atoms with van der Waals surface area (Å²) < 4.78 is 2.40. The summed E-state index contributed by atoms with van der Waals surface area (Å²) in [6, 6.07) is 60.3. The van der Waals surface area contributed by atoms with E-state index < -0.39 is 0 Å². The predicted octanol–water partition coefficient (Wildman–Crippen LogP) is 12.1. The number of fused-ring (bicyclic) bond motifs is 7. The molecule has 45 heavy (non-hydrogen) atoms. The average Bonchev–Trinajstić information content (AvgIpc) is 3.61. The summed E-state index contributed by atoms with van der Waals surface area (Å²) in [5, 5.41) is 7.74. The number of rotatable bonds is 3. The van der Waals surface area contributed by atoms with Crippen molar-refractivity contribution < 1.29 is 0 Å². The Morgan fingerprint density at radius 3 is 1.78 bits per heavy atom. The molecule has 9 aromatic rings.